The third-order valence-electron chi connectivity index (χ3n) is 3.77. The zero-order valence-electron chi connectivity index (χ0n) is 14.4. The number of anilines is 1. The number of benzene rings is 1. The van der Waals surface area contributed by atoms with Gasteiger partial charge >= 0.3 is 0 Å². The van der Waals surface area contributed by atoms with Gasteiger partial charge in [0.2, 0.25) is 5.91 Å². The standard InChI is InChI=1S/C18H17ClN2O3S3/c1-12-4-6-13(7-5-12)27(23,24)10-2-3-17(22)21-18-20-14(11-25-18)15-8-9-16(19)26-15/h4-9,11H,2-3,10H2,1H3,(H,20,21,22). The normalized spacial score (nSPS) is 11.5. The second-order valence-corrected chi connectivity index (χ2v) is 10.6. The van der Waals surface area contributed by atoms with Gasteiger partial charge in [0.1, 0.15) is 0 Å². The predicted molar refractivity (Wildman–Crippen MR) is 112 cm³/mol. The number of nitrogens with one attached hydrogen (secondary N) is 1. The van der Waals surface area contributed by atoms with Gasteiger partial charge in [-0.3, -0.25) is 4.79 Å². The Kier molecular flexibility index (Phi) is 6.31. The Bertz CT molecular complexity index is 1040. The van der Waals surface area contributed by atoms with E-state index >= 15 is 0 Å². The smallest absolute Gasteiger partial charge is 0.226 e. The van der Waals surface area contributed by atoms with Crippen LogP contribution in [-0.4, -0.2) is 25.1 Å². The summed E-state index contributed by atoms with van der Waals surface area (Å²) in [4.78, 5) is 17.7. The Morgan fingerprint density at radius 3 is 2.59 bits per heavy atom. The van der Waals surface area contributed by atoms with E-state index < -0.39 is 9.84 Å². The average molecular weight is 441 g/mol. The predicted octanol–water partition coefficient (Wildman–Crippen LogP) is 5.03. The van der Waals surface area contributed by atoms with Gasteiger partial charge in [0.05, 0.1) is 25.6 Å². The van der Waals surface area contributed by atoms with Gasteiger partial charge in [-0.2, -0.15) is 0 Å². The molecular formula is C18H17ClN2O3S3. The summed E-state index contributed by atoms with van der Waals surface area (Å²) in [5.41, 5.74) is 1.76. The first-order chi connectivity index (χ1) is 12.8. The van der Waals surface area contributed by atoms with E-state index in [9.17, 15) is 13.2 Å². The zero-order valence-corrected chi connectivity index (χ0v) is 17.6. The van der Waals surface area contributed by atoms with Crippen LogP contribution in [0.4, 0.5) is 5.13 Å². The van der Waals surface area contributed by atoms with Crippen molar-refractivity contribution in [3.63, 3.8) is 0 Å². The molecule has 9 heteroatoms. The number of hydrogen-bond acceptors (Lipinski definition) is 6. The molecule has 2 aromatic heterocycles. The maximum absolute atomic E-state index is 12.3. The molecule has 0 fully saturated rings. The van der Waals surface area contributed by atoms with Crippen LogP contribution in [0.1, 0.15) is 18.4 Å². The van der Waals surface area contributed by atoms with Crippen molar-refractivity contribution >= 4 is 55.2 Å². The Hall–Kier alpha value is -1.74. The lowest BCUT2D eigenvalue weighted by Crippen LogP contribution is -2.14. The lowest BCUT2D eigenvalue weighted by Gasteiger charge is -2.05. The fraction of sp³-hybridized carbons (Fsp3) is 0.222. The monoisotopic (exact) mass is 440 g/mol. The number of thiazole rings is 1. The second kappa shape index (κ2) is 8.52. The largest absolute Gasteiger partial charge is 0.302 e. The molecular weight excluding hydrogens is 424 g/mol. The molecule has 1 N–H and O–H groups in total. The van der Waals surface area contributed by atoms with Crippen LogP contribution in [-0.2, 0) is 14.6 Å². The third-order valence-corrected chi connectivity index (χ3v) is 7.60. The molecule has 0 aliphatic heterocycles. The van der Waals surface area contributed by atoms with E-state index in [0.717, 1.165) is 16.1 Å². The summed E-state index contributed by atoms with van der Waals surface area (Å²) in [6.07, 6.45) is 0.367. The molecule has 0 spiro atoms. The van der Waals surface area contributed by atoms with Gasteiger partial charge < -0.3 is 5.32 Å². The van der Waals surface area contributed by atoms with Gasteiger partial charge in [-0.1, -0.05) is 29.3 Å². The average Bonchev–Trinajstić information content (AvgIpc) is 3.24. The SMILES string of the molecule is Cc1ccc(S(=O)(=O)CCCC(=O)Nc2nc(-c3ccc(Cl)s3)cs2)cc1. The number of aryl methyl sites for hydroxylation is 1. The summed E-state index contributed by atoms with van der Waals surface area (Å²) in [6, 6.07) is 10.4. The third kappa shape index (κ3) is 5.38. The summed E-state index contributed by atoms with van der Waals surface area (Å²) in [6.45, 7) is 1.90. The highest BCUT2D eigenvalue weighted by atomic mass is 35.5. The molecule has 5 nitrogen and oxygen atoms in total. The molecule has 0 bridgehead atoms. The Balaban J connectivity index is 1.51. The van der Waals surface area contributed by atoms with Gasteiger partial charge in [-0.05, 0) is 37.6 Å². The highest BCUT2D eigenvalue weighted by molar-refractivity contribution is 7.91. The molecule has 1 amide bonds. The number of sulfone groups is 1. The molecule has 3 aromatic rings. The van der Waals surface area contributed by atoms with Crippen molar-refractivity contribution < 1.29 is 13.2 Å². The topological polar surface area (TPSA) is 76.1 Å². The first-order valence-corrected chi connectivity index (χ1v) is 11.9. The molecule has 0 aliphatic rings. The van der Waals surface area contributed by atoms with E-state index in [1.807, 2.05) is 18.4 Å². The van der Waals surface area contributed by atoms with Crippen LogP contribution in [0.3, 0.4) is 0 Å². The maximum atomic E-state index is 12.3. The molecule has 3 rings (SSSR count). The van der Waals surface area contributed by atoms with E-state index in [2.05, 4.69) is 10.3 Å². The minimum atomic E-state index is -3.38. The molecule has 27 heavy (non-hydrogen) atoms. The van der Waals surface area contributed by atoms with Crippen molar-refractivity contribution in [2.45, 2.75) is 24.7 Å². The van der Waals surface area contributed by atoms with Crippen LogP contribution in [0.2, 0.25) is 4.34 Å². The molecule has 0 aliphatic carbocycles. The number of carbonyl (C=O) groups is 1. The van der Waals surface area contributed by atoms with Crippen LogP contribution >= 0.6 is 34.3 Å². The number of halogens is 1. The van der Waals surface area contributed by atoms with E-state index in [4.69, 9.17) is 11.6 Å². The van der Waals surface area contributed by atoms with Crippen LogP contribution in [0.25, 0.3) is 10.6 Å². The fourth-order valence-electron chi connectivity index (χ4n) is 2.36. The second-order valence-electron chi connectivity index (χ2n) is 5.93. The van der Waals surface area contributed by atoms with Crippen molar-refractivity contribution in [2.75, 3.05) is 11.1 Å². The van der Waals surface area contributed by atoms with Gasteiger partial charge in [-0.25, -0.2) is 13.4 Å². The summed E-state index contributed by atoms with van der Waals surface area (Å²) in [5, 5.41) is 5.05. The van der Waals surface area contributed by atoms with Crippen LogP contribution in [0.15, 0.2) is 46.7 Å². The summed E-state index contributed by atoms with van der Waals surface area (Å²) < 4.78 is 25.3. The number of carbonyl (C=O) groups excluding carboxylic acids is 1. The number of aromatic nitrogens is 1. The lowest BCUT2D eigenvalue weighted by atomic mass is 10.2. The van der Waals surface area contributed by atoms with Crippen molar-refractivity contribution in [3.8, 4) is 10.6 Å². The molecule has 1 aromatic carbocycles. The number of rotatable bonds is 7. The van der Waals surface area contributed by atoms with Gasteiger partial charge in [0.25, 0.3) is 0 Å². The van der Waals surface area contributed by atoms with Crippen molar-refractivity contribution in [1.29, 1.82) is 0 Å². The zero-order chi connectivity index (χ0) is 19.4. The molecule has 0 atom stereocenters. The van der Waals surface area contributed by atoms with Crippen molar-refractivity contribution in [2.24, 2.45) is 0 Å². The molecule has 0 saturated carbocycles. The van der Waals surface area contributed by atoms with Crippen molar-refractivity contribution in [3.05, 3.63) is 51.7 Å². The van der Waals surface area contributed by atoms with Crippen LogP contribution < -0.4 is 5.32 Å². The van der Waals surface area contributed by atoms with Gasteiger partial charge in [0, 0.05) is 11.8 Å². The Morgan fingerprint density at radius 1 is 1.19 bits per heavy atom. The van der Waals surface area contributed by atoms with Gasteiger partial charge in [-0.15, -0.1) is 22.7 Å². The number of amides is 1. The van der Waals surface area contributed by atoms with E-state index in [1.165, 1.54) is 22.7 Å². The number of thiophene rings is 1. The summed E-state index contributed by atoms with van der Waals surface area (Å²) in [5.74, 6) is -0.320. The van der Waals surface area contributed by atoms with E-state index in [-0.39, 0.29) is 29.4 Å². The molecule has 142 valence electrons. The minimum absolute atomic E-state index is 0.0692. The molecule has 0 saturated heterocycles. The van der Waals surface area contributed by atoms with Crippen LogP contribution in [0, 0.1) is 6.92 Å². The van der Waals surface area contributed by atoms with E-state index in [0.29, 0.717) is 9.47 Å². The highest BCUT2D eigenvalue weighted by Crippen LogP contribution is 2.32. The lowest BCUT2D eigenvalue weighted by molar-refractivity contribution is -0.116. The first kappa shape index (κ1) is 20.0. The quantitative estimate of drug-likeness (QED) is 0.559. The molecule has 2 heterocycles. The first-order valence-electron chi connectivity index (χ1n) is 8.14. The van der Waals surface area contributed by atoms with Gasteiger partial charge in [0.15, 0.2) is 15.0 Å². The number of hydrogen-bond donors (Lipinski definition) is 1. The minimum Gasteiger partial charge on any atom is -0.302 e. The number of nitrogens with zero attached hydrogens (tertiary/aromatic N) is 1. The Labute approximate surface area is 171 Å². The summed E-state index contributed by atoms with van der Waals surface area (Å²) in [7, 11) is -3.38. The summed E-state index contributed by atoms with van der Waals surface area (Å²) >= 11 is 8.66. The molecule has 0 radical (unpaired) electrons. The fourth-order valence-corrected chi connectivity index (χ4v) is 5.48. The molecule has 0 unspecified atom stereocenters. The van der Waals surface area contributed by atoms with Crippen molar-refractivity contribution in [1.82, 2.24) is 4.98 Å². The Morgan fingerprint density at radius 2 is 1.93 bits per heavy atom. The maximum Gasteiger partial charge on any atom is 0.226 e. The van der Waals surface area contributed by atoms with E-state index in [1.54, 1.807) is 30.3 Å². The highest BCUT2D eigenvalue weighted by Gasteiger charge is 2.15. The van der Waals surface area contributed by atoms with Crippen LogP contribution in [0.5, 0.6) is 0 Å².